The topological polar surface area (TPSA) is 80.0 Å². The Kier molecular flexibility index (Phi) is 6.07. The van der Waals surface area contributed by atoms with Gasteiger partial charge < -0.3 is 10.6 Å². The summed E-state index contributed by atoms with van der Waals surface area (Å²) in [5, 5.41) is 10.4. The van der Waals surface area contributed by atoms with Crippen LogP contribution >= 0.6 is 0 Å². The maximum absolute atomic E-state index is 12.9. The van der Waals surface area contributed by atoms with Gasteiger partial charge >= 0.3 is 6.18 Å². The zero-order chi connectivity index (χ0) is 25.1. The summed E-state index contributed by atoms with van der Waals surface area (Å²) >= 11 is 0. The Labute approximate surface area is 204 Å². The van der Waals surface area contributed by atoms with E-state index in [1.807, 2.05) is 48.7 Å². The van der Waals surface area contributed by atoms with Gasteiger partial charge in [-0.3, -0.25) is 4.98 Å². The van der Waals surface area contributed by atoms with Gasteiger partial charge in [0.1, 0.15) is 0 Å². The number of alkyl halides is 3. The molecule has 0 atom stereocenters. The number of hydrogen-bond acceptors (Lipinski definition) is 6. The third-order valence-corrected chi connectivity index (χ3v) is 5.42. The third kappa shape index (κ3) is 5.17. The van der Waals surface area contributed by atoms with Crippen molar-refractivity contribution < 1.29 is 13.2 Å². The Morgan fingerprint density at radius 2 is 1.69 bits per heavy atom. The quantitative estimate of drug-likeness (QED) is 0.288. The van der Waals surface area contributed by atoms with E-state index in [1.165, 1.54) is 6.20 Å². The van der Waals surface area contributed by atoms with E-state index in [0.717, 1.165) is 40.2 Å². The molecule has 0 bridgehead atoms. The smallest absolute Gasteiger partial charge is 0.358 e. The molecule has 0 aliphatic heterocycles. The van der Waals surface area contributed by atoms with Gasteiger partial charge in [-0.2, -0.15) is 18.3 Å². The number of benzene rings is 1. The van der Waals surface area contributed by atoms with Gasteiger partial charge in [0.25, 0.3) is 0 Å². The SMILES string of the molecule is C=C(Cc1ccc(-c2cnc(Nc3cnn4ccccc34)nc2)cc1)Nc1cncc(C(F)(F)F)c1. The van der Waals surface area contributed by atoms with Crippen LogP contribution in [0.1, 0.15) is 11.1 Å². The maximum Gasteiger partial charge on any atom is 0.417 e. The fourth-order valence-electron chi connectivity index (χ4n) is 3.67. The van der Waals surface area contributed by atoms with Crippen molar-refractivity contribution in [3.8, 4) is 11.1 Å². The van der Waals surface area contributed by atoms with Crippen molar-refractivity contribution in [1.29, 1.82) is 0 Å². The Morgan fingerprint density at radius 3 is 2.44 bits per heavy atom. The minimum Gasteiger partial charge on any atom is -0.358 e. The lowest BCUT2D eigenvalue weighted by Gasteiger charge is -2.12. The molecule has 5 aromatic rings. The van der Waals surface area contributed by atoms with E-state index in [4.69, 9.17) is 0 Å². The second kappa shape index (κ2) is 9.49. The molecular weight excluding hydrogens is 467 g/mol. The fourth-order valence-corrected chi connectivity index (χ4v) is 3.67. The molecule has 0 amide bonds. The van der Waals surface area contributed by atoms with Gasteiger partial charge in [-0.25, -0.2) is 14.5 Å². The second-order valence-electron chi connectivity index (χ2n) is 8.07. The van der Waals surface area contributed by atoms with Gasteiger partial charge in [0.05, 0.1) is 34.8 Å². The number of hydrogen-bond donors (Lipinski definition) is 2. The summed E-state index contributed by atoms with van der Waals surface area (Å²) in [4.78, 5) is 12.5. The van der Waals surface area contributed by atoms with Gasteiger partial charge in [-0.15, -0.1) is 0 Å². The Bertz CT molecular complexity index is 1510. The average Bonchev–Trinajstić information content (AvgIpc) is 3.27. The predicted molar refractivity (Wildman–Crippen MR) is 132 cm³/mol. The van der Waals surface area contributed by atoms with E-state index in [0.29, 0.717) is 18.1 Å². The number of anilines is 3. The van der Waals surface area contributed by atoms with Crippen molar-refractivity contribution >= 4 is 22.8 Å². The molecule has 0 radical (unpaired) electrons. The highest BCUT2D eigenvalue weighted by Crippen LogP contribution is 2.30. The third-order valence-electron chi connectivity index (χ3n) is 5.42. The Hall–Kier alpha value is -4.73. The number of aromatic nitrogens is 5. The van der Waals surface area contributed by atoms with Gasteiger partial charge in [0.15, 0.2) is 0 Å². The van der Waals surface area contributed by atoms with E-state index in [-0.39, 0.29) is 5.69 Å². The second-order valence-corrected chi connectivity index (χ2v) is 8.07. The zero-order valence-corrected chi connectivity index (χ0v) is 18.9. The molecule has 0 saturated carbocycles. The van der Waals surface area contributed by atoms with E-state index in [2.05, 4.69) is 37.3 Å². The predicted octanol–water partition coefficient (Wildman–Crippen LogP) is 6.12. The van der Waals surface area contributed by atoms with E-state index in [9.17, 15) is 13.2 Å². The highest BCUT2D eigenvalue weighted by atomic mass is 19.4. The first-order valence-electron chi connectivity index (χ1n) is 10.9. The van der Waals surface area contributed by atoms with Crippen LogP contribution in [0.5, 0.6) is 0 Å². The van der Waals surface area contributed by atoms with E-state index < -0.39 is 11.7 Å². The number of allylic oxidation sites excluding steroid dienone is 1. The monoisotopic (exact) mass is 487 g/mol. The van der Waals surface area contributed by atoms with Gasteiger partial charge in [-0.05, 0) is 29.3 Å². The minimum absolute atomic E-state index is 0.237. The van der Waals surface area contributed by atoms with Gasteiger partial charge in [0, 0.05) is 42.5 Å². The van der Waals surface area contributed by atoms with E-state index >= 15 is 0 Å². The largest absolute Gasteiger partial charge is 0.417 e. The van der Waals surface area contributed by atoms with Crippen molar-refractivity contribution in [2.24, 2.45) is 0 Å². The summed E-state index contributed by atoms with van der Waals surface area (Å²) in [5.41, 5.74) is 4.43. The van der Waals surface area contributed by atoms with Crippen LogP contribution in [-0.4, -0.2) is 24.6 Å². The van der Waals surface area contributed by atoms with Crippen molar-refractivity contribution in [1.82, 2.24) is 24.6 Å². The van der Waals surface area contributed by atoms with Gasteiger partial charge in [-0.1, -0.05) is 36.9 Å². The Morgan fingerprint density at radius 1 is 0.917 bits per heavy atom. The lowest BCUT2D eigenvalue weighted by molar-refractivity contribution is -0.137. The van der Waals surface area contributed by atoms with Gasteiger partial charge in [0.2, 0.25) is 5.95 Å². The maximum atomic E-state index is 12.9. The number of fused-ring (bicyclic) bond motifs is 1. The van der Waals surface area contributed by atoms with Crippen LogP contribution < -0.4 is 10.6 Å². The van der Waals surface area contributed by atoms with Crippen LogP contribution in [0.4, 0.5) is 30.5 Å². The number of nitrogens with zero attached hydrogens (tertiary/aromatic N) is 5. The van der Waals surface area contributed by atoms with Crippen LogP contribution in [0.3, 0.4) is 0 Å². The van der Waals surface area contributed by atoms with Crippen LogP contribution in [0.15, 0.2) is 98.0 Å². The first-order chi connectivity index (χ1) is 17.3. The molecule has 1 aromatic carbocycles. The number of rotatable bonds is 7. The van der Waals surface area contributed by atoms with Crippen molar-refractivity contribution in [2.45, 2.75) is 12.6 Å². The standard InChI is InChI=1S/C26H20F3N7/c1-17(34-22-11-21(14-30-15-22)26(27,28)29)10-18-5-7-19(8-6-18)20-12-31-25(32-13-20)35-23-16-33-36-9-3-2-4-24(23)36/h2-9,11-16,34H,1,10H2,(H,31,32,35). The summed E-state index contributed by atoms with van der Waals surface area (Å²) in [7, 11) is 0. The number of nitrogens with one attached hydrogen (secondary N) is 2. The fraction of sp³-hybridized carbons (Fsp3) is 0.0769. The molecule has 0 aliphatic carbocycles. The molecule has 180 valence electrons. The normalized spacial score (nSPS) is 11.4. The minimum atomic E-state index is -4.45. The summed E-state index contributed by atoms with van der Waals surface area (Å²) in [6, 6.07) is 14.5. The average molecular weight is 487 g/mol. The molecule has 4 aromatic heterocycles. The molecular formula is C26H20F3N7. The molecule has 36 heavy (non-hydrogen) atoms. The molecule has 0 aliphatic rings. The summed E-state index contributed by atoms with van der Waals surface area (Å²) < 4.78 is 40.4. The van der Waals surface area contributed by atoms with Crippen molar-refractivity contribution in [3.63, 3.8) is 0 Å². The van der Waals surface area contributed by atoms with Crippen LogP contribution in [-0.2, 0) is 12.6 Å². The molecule has 2 N–H and O–H groups in total. The lowest BCUT2D eigenvalue weighted by Crippen LogP contribution is -2.08. The lowest BCUT2D eigenvalue weighted by atomic mass is 10.0. The first-order valence-corrected chi connectivity index (χ1v) is 10.9. The molecule has 0 spiro atoms. The summed E-state index contributed by atoms with van der Waals surface area (Å²) in [5.74, 6) is 0.459. The van der Waals surface area contributed by atoms with Crippen molar-refractivity contribution in [2.75, 3.05) is 10.6 Å². The molecule has 0 saturated heterocycles. The summed E-state index contributed by atoms with van der Waals surface area (Å²) in [6.07, 6.45) is 5.16. The van der Waals surface area contributed by atoms with Crippen LogP contribution in [0, 0.1) is 0 Å². The summed E-state index contributed by atoms with van der Waals surface area (Å²) in [6.45, 7) is 3.92. The zero-order valence-electron chi connectivity index (χ0n) is 18.9. The number of pyridine rings is 2. The molecule has 0 unspecified atom stereocenters. The molecule has 5 rings (SSSR count). The van der Waals surface area contributed by atoms with E-state index in [1.54, 1.807) is 23.1 Å². The number of halogens is 3. The highest BCUT2D eigenvalue weighted by Gasteiger charge is 2.31. The first kappa shape index (κ1) is 23.0. The van der Waals surface area contributed by atoms with Crippen LogP contribution in [0.25, 0.3) is 16.6 Å². The van der Waals surface area contributed by atoms with Crippen LogP contribution in [0.2, 0.25) is 0 Å². The molecule has 0 fully saturated rings. The molecule has 7 nitrogen and oxygen atoms in total. The Balaban J connectivity index is 1.21. The van der Waals surface area contributed by atoms with Crippen molar-refractivity contribution in [3.05, 3.63) is 109 Å². The molecule has 10 heteroatoms. The highest BCUT2D eigenvalue weighted by molar-refractivity contribution is 5.74. The molecule has 4 heterocycles.